The second kappa shape index (κ2) is 6.10. The predicted molar refractivity (Wildman–Crippen MR) is 78.1 cm³/mol. The Bertz CT molecular complexity index is 610. The molecule has 5 nitrogen and oxygen atoms in total. The minimum absolute atomic E-state index is 0.177. The van der Waals surface area contributed by atoms with E-state index in [1.165, 1.54) is 0 Å². The van der Waals surface area contributed by atoms with E-state index in [0.29, 0.717) is 6.61 Å². The van der Waals surface area contributed by atoms with Gasteiger partial charge < -0.3 is 10.1 Å². The molecule has 2 N–H and O–H groups in total. The summed E-state index contributed by atoms with van der Waals surface area (Å²) in [5, 5.41) is 6.53. The summed E-state index contributed by atoms with van der Waals surface area (Å²) < 4.78 is 4.74. The Morgan fingerprint density at radius 1 is 1.37 bits per heavy atom. The van der Waals surface area contributed by atoms with Crippen LogP contribution in [0.2, 0.25) is 0 Å². The Morgan fingerprint density at radius 2 is 2.16 bits per heavy atom. The second-order valence-electron chi connectivity index (χ2n) is 3.68. The van der Waals surface area contributed by atoms with E-state index in [4.69, 9.17) is 17.0 Å². The predicted octanol–water partition coefficient (Wildman–Crippen LogP) is 2.68. The molecule has 0 fully saturated rings. The molecule has 1 amide bonds. The highest BCUT2D eigenvalue weighted by Gasteiger charge is 2.07. The molecule has 98 valence electrons. The summed E-state index contributed by atoms with van der Waals surface area (Å²) in [6.07, 6.45) is 1.13. The monoisotopic (exact) mass is 275 g/mol. The first-order valence-corrected chi connectivity index (χ1v) is 6.20. The van der Waals surface area contributed by atoms with Gasteiger partial charge in [0.2, 0.25) is 0 Å². The van der Waals surface area contributed by atoms with Crippen molar-refractivity contribution in [3.63, 3.8) is 0 Å². The topological polar surface area (TPSA) is 63.2 Å². The van der Waals surface area contributed by atoms with E-state index < -0.39 is 6.09 Å². The van der Waals surface area contributed by atoms with Crippen LogP contribution in [0, 0.1) is 0 Å². The van der Waals surface area contributed by atoms with Crippen LogP contribution >= 0.6 is 12.2 Å². The maximum atomic E-state index is 11.2. The molecular formula is C13H13N3O2S. The number of amides is 1. The summed E-state index contributed by atoms with van der Waals surface area (Å²) in [5.74, 6) is 0. The number of aromatic nitrogens is 1. The molecule has 0 saturated heterocycles. The first-order chi connectivity index (χ1) is 9.20. The fourth-order valence-corrected chi connectivity index (χ4v) is 1.81. The third-order valence-corrected chi connectivity index (χ3v) is 2.58. The van der Waals surface area contributed by atoms with Gasteiger partial charge in [-0.1, -0.05) is 18.2 Å². The molecule has 0 spiro atoms. The van der Waals surface area contributed by atoms with Crippen LogP contribution in [0.15, 0.2) is 36.5 Å². The molecule has 0 radical (unpaired) electrons. The lowest BCUT2D eigenvalue weighted by molar-refractivity contribution is 0.158. The van der Waals surface area contributed by atoms with Crippen LogP contribution in [0.4, 0.5) is 10.5 Å². The van der Waals surface area contributed by atoms with E-state index in [1.807, 2.05) is 30.3 Å². The molecule has 19 heavy (non-hydrogen) atoms. The van der Waals surface area contributed by atoms with Crippen molar-refractivity contribution in [2.45, 2.75) is 6.92 Å². The number of benzene rings is 1. The number of hydrogen-bond acceptors (Lipinski definition) is 4. The number of rotatable bonds is 2. The number of carbonyl (C=O) groups is 1. The third kappa shape index (κ3) is 3.38. The maximum absolute atomic E-state index is 11.2. The molecule has 0 bridgehead atoms. The summed E-state index contributed by atoms with van der Waals surface area (Å²) in [6.45, 7) is 2.02. The second-order valence-corrected chi connectivity index (χ2v) is 4.09. The molecule has 0 atom stereocenters. The average Bonchev–Trinajstić information content (AvgIpc) is 2.39. The van der Waals surface area contributed by atoms with Crippen molar-refractivity contribution < 1.29 is 9.53 Å². The maximum Gasteiger partial charge on any atom is 0.413 e. The van der Waals surface area contributed by atoms with Gasteiger partial charge in [-0.05, 0) is 31.3 Å². The lowest BCUT2D eigenvalue weighted by Crippen LogP contribution is -2.34. The summed E-state index contributed by atoms with van der Waals surface area (Å²) in [4.78, 5) is 15.5. The molecule has 2 aromatic rings. The molecule has 0 unspecified atom stereocenters. The van der Waals surface area contributed by atoms with E-state index in [0.717, 1.165) is 16.6 Å². The summed E-state index contributed by atoms with van der Waals surface area (Å²) in [6, 6.07) is 9.50. The lowest BCUT2D eigenvalue weighted by Gasteiger charge is -2.10. The molecule has 0 saturated carbocycles. The van der Waals surface area contributed by atoms with Crippen molar-refractivity contribution >= 4 is 40.0 Å². The number of hydrogen-bond donors (Lipinski definition) is 2. The first kappa shape index (κ1) is 13.2. The zero-order valence-electron chi connectivity index (χ0n) is 10.3. The zero-order valence-corrected chi connectivity index (χ0v) is 11.2. The van der Waals surface area contributed by atoms with Crippen molar-refractivity contribution in [1.29, 1.82) is 0 Å². The minimum Gasteiger partial charge on any atom is -0.450 e. The first-order valence-electron chi connectivity index (χ1n) is 5.79. The van der Waals surface area contributed by atoms with Gasteiger partial charge in [0.1, 0.15) is 0 Å². The van der Waals surface area contributed by atoms with Crippen LogP contribution in [0.3, 0.4) is 0 Å². The summed E-state index contributed by atoms with van der Waals surface area (Å²) in [7, 11) is 0. The third-order valence-electron chi connectivity index (χ3n) is 2.37. The van der Waals surface area contributed by atoms with Crippen molar-refractivity contribution in [3.8, 4) is 0 Å². The Labute approximate surface area is 116 Å². The normalized spacial score (nSPS) is 9.95. The van der Waals surface area contributed by atoms with Crippen molar-refractivity contribution in [2.24, 2.45) is 0 Å². The van der Waals surface area contributed by atoms with Gasteiger partial charge in [-0.15, -0.1) is 0 Å². The summed E-state index contributed by atoms with van der Waals surface area (Å²) >= 11 is 5.04. The van der Waals surface area contributed by atoms with Gasteiger partial charge in [-0.2, -0.15) is 0 Å². The van der Waals surface area contributed by atoms with Crippen molar-refractivity contribution in [3.05, 3.63) is 36.5 Å². The smallest absolute Gasteiger partial charge is 0.413 e. The quantitative estimate of drug-likeness (QED) is 0.825. The molecule has 1 heterocycles. The van der Waals surface area contributed by atoms with Crippen LogP contribution in [0.25, 0.3) is 10.9 Å². The Balaban J connectivity index is 2.13. The minimum atomic E-state index is -0.576. The van der Waals surface area contributed by atoms with Crippen LogP contribution in [-0.4, -0.2) is 22.8 Å². The highest BCUT2D eigenvalue weighted by atomic mass is 32.1. The fraction of sp³-hybridized carbons (Fsp3) is 0.154. The van der Waals surface area contributed by atoms with E-state index in [-0.39, 0.29) is 5.11 Å². The number of thiocarbonyl (C=S) groups is 1. The van der Waals surface area contributed by atoms with Gasteiger partial charge in [-0.25, -0.2) is 4.79 Å². The van der Waals surface area contributed by atoms with E-state index in [1.54, 1.807) is 13.1 Å². The van der Waals surface area contributed by atoms with Gasteiger partial charge in [0.15, 0.2) is 5.11 Å². The number of pyridine rings is 1. The molecular weight excluding hydrogens is 262 g/mol. The number of nitrogens with zero attached hydrogens (tertiary/aromatic N) is 1. The Kier molecular flexibility index (Phi) is 4.25. The van der Waals surface area contributed by atoms with Crippen molar-refractivity contribution in [2.75, 3.05) is 11.9 Å². The zero-order chi connectivity index (χ0) is 13.7. The van der Waals surface area contributed by atoms with E-state index in [9.17, 15) is 4.79 Å². The van der Waals surface area contributed by atoms with E-state index in [2.05, 4.69) is 15.6 Å². The molecule has 0 aliphatic heterocycles. The number of para-hydroxylation sites is 1. The van der Waals surface area contributed by atoms with Crippen LogP contribution in [-0.2, 0) is 4.74 Å². The number of anilines is 1. The SMILES string of the molecule is CCOC(=O)NC(=S)Nc1cccc2cccnc12. The van der Waals surface area contributed by atoms with Gasteiger partial charge in [0.05, 0.1) is 17.8 Å². The standard InChI is InChI=1S/C13H13N3O2S/c1-2-18-13(17)16-12(19)15-10-7-3-5-9-6-4-8-14-11(9)10/h3-8H,2H2,1H3,(H2,15,16,17,19). The van der Waals surface area contributed by atoms with Gasteiger partial charge >= 0.3 is 6.09 Å². The number of fused-ring (bicyclic) bond motifs is 1. The molecule has 2 rings (SSSR count). The Morgan fingerprint density at radius 3 is 2.95 bits per heavy atom. The van der Waals surface area contributed by atoms with E-state index >= 15 is 0 Å². The number of nitrogens with one attached hydrogen (secondary N) is 2. The summed E-state index contributed by atoms with van der Waals surface area (Å²) in [5.41, 5.74) is 1.53. The van der Waals surface area contributed by atoms with Crippen LogP contribution < -0.4 is 10.6 Å². The lowest BCUT2D eigenvalue weighted by atomic mass is 10.2. The molecule has 0 aliphatic rings. The highest BCUT2D eigenvalue weighted by molar-refractivity contribution is 7.80. The highest BCUT2D eigenvalue weighted by Crippen LogP contribution is 2.20. The van der Waals surface area contributed by atoms with Gasteiger partial charge in [-0.3, -0.25) is 10.3 Å². The molecule has 1 aromatic heterocycles. The van der Waals surface area contributed by atoms with Crippen molar-refractivity contribution in [1.82, 2.24) is 10.3 Å². The van der Waals surface area contributed by atoms with Crippen LogP contribution in [0.5, 0.6) is 0 Å². The molecule has 6 heteroatoms. The number of ether oxygens (including phenoxy) is 1. The largest absolute Gasteiger partial charge is 0.450 e. The van der Waals surface area contributed by atoms with Gasteiger partial charge in [0, 0.05) is 11.6 Å². The fourth-order valence-electron chi connectivity index (χ4n) is 1.62. The number of carbonyl (C=O) groups excluding carboxylic acids is 1. The van der Waals surface area contributed by atoms with Gasteiger partial charge in [0.25, 0.3) is 0 Å². The average molecular weight is 275 g/mol. The number of alkyl carbamates (subject to hydrolysis) is 1. The van der Waals surface area contributed by atoms with Crippen LogP contribution in [0.1, 0.15) is 6.92 Å². The Hall–Kier alpha value is -2.21. The molecule has 0 aliphatic carbocycles. The molecule has 1 aromatic carbocycles.